The number of esters is 2. The topological polar surface area (TPSA) is 52.6 Å². The quantitative estimate of drug-likeness (QED) is 0.402. The maximum Gasteiger partial charge on any atom is 0.323 e. The van der Waals surface area contributed by atoms with Crippen molar-refractivity contribution in [2.24, 2.45) is 11.3 Å². The number of ether oxygens (including phenoxy) is 2. The summed E-state index contributed by atoms with van der Waals surface area (Å²) in [7, 11) is 2.57. The number of hydrogen-bond acceptors (Lipinski definition) is 4. The molecule has 1 rings (SSSR count). The Labute approximate surface area is 89.2 Å². The van der Waals surface area contributed by atoms with E-state index in [4.69, 9.17) is 0 Å². The monoisotopic (exact) mass is 212 g/mol. The van der Waals surface area contributed by atoms with E-state index in [1.165, 1.54) is 14.2 Å². The molecule has 0 bridgehead atoms. The summed E-state index contributed by atoms with van der Waals surface area (Å²) < 4.78 is 9.32. The molecule has 0 aromatic rings. The molecular formula is C11H16O4. The van der Waals surface area contributed by atoms with Gasteiger partial charge in [-0.2, -0.15) is 0 Å². The second-order valence-electron chi connectivity index (χ2n) is 3.74. The fourth-order valence-electron chi connectivity index (χ4n) is 1.91. The second kappa shape index (κ2) is 4.04. The van der Waals surface area contributed by atoms with Gasteiger partial charge in [0.25, 0.3) is 0 Å². The molecule has 1 aliphatic rings. The van der Waals surface area contributed by atoms with Gasteiger partial charge < -0.3 is 9.47 Å². The predicted molar refractivity (Wildman–Crippen MR) is 54.0 cm³/mol. The Bertz CT molecular complexity index is 301. The second-order valence-corrected chi connectivity index (χ2v) is 3.74. The Morgan fingerprint density at radius 2 is 1.73 bits per heavy atom. The van der Waals surface area contributed by atoms with Crippen LogP contribution in [-0.4, -0.2) is 26.2 Å². The van der Waals surface area contributed by atoms with E-state index in [1.54, 1.807) is 0 Å². The minimum absolute atomic E-state index is 0.0672. The number of hydrogen-bond donors (Lipinski definition) is 0. The number of carbonyl (C=O) groups excluding carboxylic acids is 2. The minimum atomic E-state index is -1.08. The molecule has 0 N–H and O–H groups in total. The van der Waals surface area contributed by atoms with Gasteiger partial charge >= 0.3 is 11.9 Å². The van der Waals surface area contributed by atoms with Crippen LogP contribution in [0.25, 0.3) is 0 Å². The van der Waals surface area contributed by atoms with Crippen LogP contribution in [0.4, 0.5) is 0 Å². The summed E-state index contributed by atoms with van der Waals surface area (Å²) in [5.41, 5.74) is -0.0640. The van der Waals surface area contributed by atoms with E-state index in [2.05, 4.69) is 9.47 Å². The van der Waals surface area contributed by atoms with Crippen molar-refractivity contribution in [3.63, 3.8) is 0 Å². The van der Waals surface area contributed by atoms with Crippen molar-refractivity contribution in [2.75, 3.05) is 14.2 Å². The lowest BCUT2D eigenvalue weighted by molar-refractivity contribution is -0.161. The number of carbonyl (C=O) groups is 2. The molecule has 0 radical (unpaired) electrons. The first-order valence-corrected chi connectivity index (χ1v) is 4.84. The van der Waals surface area contributed by atoms with Crippen LogP contribution in [0.2, 0.25) is 0 Å². The zero-order chi connectivity index (χ0) is 11.6. The van der Waals surface area contributed by atoms with Gasteiger partial charge in [-0.25, -0.2) is 0 Å². The normalized spacial score (nSPS) is 23.2. The maximum atomic E-state index is 11.6. The lowest BCUT2D eigenvalue weighted by Gasteiger charge is -2.12. The van der Waals surface area contributed by atoms with Crippen LogP contribution in [0, 0.1) is 11.3 Å². The largest absolute Gasteiger partial charge is 0.468 e. The van der Waals surface area contributed by atoms with Crippen LogP contribution in [0.1, 0.15) is 20.3 Å². The molecule has 4 heteroatoms. The highest BCUT2D eigenvalue weighted by Gasteiger charge is 2.68. The Kier molecular flexibility index (Phi) is 3.17. The summed E-state index contributed by atoms with van der Waals surface area (Å²) in [5.74, 6) is -1.07. The van der Waals surface area contributed by atoms with Gasteiger partial charge in [0.1, 0.15) is 0 Å². The van der Waals surface area contributed by atoms with E-state index < -0.39 is 17.4 Å². The molecule has 0 aromatic carbocycles. The van der Waals surface area contributed by atoms with Crippen LogP contribution in [0.15, 0.2) is 11.6 Å². The molecule has 1 unspecified atom stereocenters. The van der Waals surface area contributed by atoms with Crippen molar-refractivity contribution in [1.82, 2.24) is 0 Å². The summed E-state index contributed by atoms with van der Waals surface area (Å²) >= 11 is 0. The number of allylic oxidation sites excluding steroid dienone is 2. The van der Waals surface area contributed by atoms with Gasteiger partial charge in [-0.3, -0.25) is 9.59 Å². The van der Waals surface area contributed by atoms with Gasteiger partial charge in [-0.1, -0.05) is 11.6 Å². The van der Waals surface area contributed by atoms with Crippen LogP contribution in [0.5, 0.6) is 0 Å². The van der Waals surface area contributed by atoms with Crippen LogP contribution in [0.3, 0.4) is 0 Å². The van der Waals surface area contributed by atoms with E-state index >= 15 is 0 Å². The number of rotatable bonds is 3. The van der Waals surface area contributed by atoms with Crippen molar-refractivity contribution < 1.29 is 19.1 Å². The van der Waals surface area contributed by atoms with E-state index in [1.807, 2.05) is 19.9 Å². The maximum absolute atomic E-state index is 11.6. The molecule has 0 amide bonds. The Hall–Kier alpha value is -1.32. The highest BCUT2D eigenvalue weighted by atomic mass is 16.5. The first-order valence-electron chi connectivity index (χ1n) is 4.84. The third-order valence-electron chi connectivity index (χ3n) is 3.07. The molecule has 1 saturated carbocycles. The fraction of sp³-hybridized carbons (Fsp3) is 0.636. The summed E-state index contributed by atoms with van der Waals surface area (Å²) in [5, 5.41) is 0. The summed E-state index contributed by atoms with van der Waals surface area (Å²) in [4.78, 5) is 23.2. The van der Waals surface area contributed by atoms with Crippen molar-refractivity contribution in [3.8, 4) is 0 Å². The lowest BCUT2D eigenvalue weighted by atomic mass is 10.00. The Morgan fingerprint density at radius 1 is 1.27 bits per heavy atom. The smallest absolute Gasteiger partial charge is 0.323 e. The van der Waals surface area contributed by atoms with Crippen LogP contribution < -0.4 is 0 Å². The van der Waals surface area contributed by atoms with Gasteiger partial charge in [0, 0.05) is 5.92 Å². The summed E-state index contributed by atoms with van der Waals surface area (Å²) in [6, 6.07) is 0. The van der Waals surface area contributed by atoms with Gasteiger partial charge in [0.05, 0.1) is 14.2 Å². The average molecular weight is 212 g/mol. The number of methoxy groups -OCH3 is 2. The van der Waals surface area contributed by atoms with E-state index in [9.17, 15) is 9.59 Å². The van der Waals surface area contributed by atoms with Crippen LogP contribution >= 0.6 is 0 Å². The van der Waals surface area contributed by atoms with Gasteiger partial charge in [-0.15, -0.1) is 0 Å². The van der Waals surface area contributed by atoms with Crippen molar-refractivity contribution in [3.05, 3.63) is 11.6 Å². The molecule has 1 fully saturated rings. The zero-order valence-electron chi connectivity index (χ0n) is 9.49. The van der Waals surface area contributed by atoms with E-state index in [0.29, 0.717) is 6.42 Å². The fourth-order valence-corrected chi connectivity index (χ4v) is 1.91. The van der Waals surface area contributed by atoms with E-state index in [0.717, 1.165) is 5.57 Å². The minimum Gasteiger partial charge on any atom is -0.468 e. The first kappa shape index (κ1) is 11.8. The van der Waals surface area contributed by atoms with Gasteiger partial charge in [-0.05, 0) is 20.3 Å². The van der Waals surface area contributed by atoms with Crippen molar-refractivity contribution in [1.29, 1.82) is 0 Å². The molecule has 0 aliphatic heterocycles. The molecule has 1 aliphatic carbocycles. The third-order valence-corrected chi connectivity index (χ3v) is 3.07. The van der Waals surface area contributed by atoms with Crippen LogP contribution in [-0.2, 0) is 19.1 Å². The summed E-state index contributed by atoms with van der Waals surface area (Å²) in [6.45, 7) is 3.78. The molecule has 0 heterocycles. The standard InChI is InChI=1S/C11H16O4/c1-5-7(2)8-6-11(8,9(12)14-3)10(13)15-4/h5,8H,6H2,1-4H3/b7-5+. The molecule has 0 aromatic heterocycles. The van der Waals surface area contributed by atoms with Gasteiger partial charge in [0.15, 0.2) is 5.41 Å². The van der Waals surface area contributed by atoms with Gasteiger partial charge in [0.2, 0.25) is 0 Å². The third kappa shape index (κ3) is 1.64. The summed E-state index contributed by atoms with van der Waals surface area (Å²) in [6.07, 6.45) is 2.39. The van der Waals surface area contributed by atoms with E-state index in [-0.39, 0.29) is 5.92 Å². The zero-order valence-corrected chi connectivity index (χ0v) is 9.49. The Morgan fingerprint density at radius 3 is 2.07 bits per heavy atom. The molecule has 1 atom stereocenters. The molecule has 0 saturated heterocycles. The SMILES string of the molecule is C/C=C(\C)C1CC1(C(=O)OC)C(=O)OC. The first-order chi connectivity index (χ1) is 7.04. The molecule has 15 heavy (non-hydrogen) atoms. The highest BCUT2D eigenvalue weighted by molar-refractivity contribution is 6.04. The predicted octanol–water partition coefficient (Wildman–Crippen LogP) is 1.30. The Balaban J connectivity index is 2.95. The molecule has 0 spiro atoms. The highest BCUT2D eigenvalue weighted by Crippen LogP contribution is 2.57. The molecule has 4 nitrogen and oxygen atoms in total. The average Bonchev–Trinajstić information content (AvgIpc) is 3.02. The molecule has 84 valence electrons. The van der Waals surface area contributed by atoms with Crippen molar-refractivity contribution in [2.45, 2.75) is 20.3 Å². The lowest BCUT2D eigenvalue weighted by Crippen LogP contribution is -2.30. The molecular weight excluding hydrogens is 196 g/mol. The van der Waals surface area contributed by atoms with Crippen molar-refractivity contribution >= 4 is 11.9 Å².